The molecule has 4 aromatic rings. The van der Waals surface area contributed by atoms with Crippen molar-refractivity contribution < 1.29 is 19.0 Å². The van der Waals surface area contributed by atoms with Crippen molar-refractivity contribution in [2.45, 2.75) is 6.61 Å². The molecule has 0 radical (unpaired) electrons. The molecule has 6 rings (SSSR count). The predicted octanol–water partition coefficient (Wildman–Crippen LogP) is 5.06. The standard InChI is InChI=1S/C23H14O4/c24-23-17-10-16-7-8-19-22(27-12-26-19)21(16)20(18(17)11-25-23)15-6-5-13-3-1-2-4-14(13)9-15/h1-10H,11-12H2. The summed E-state index contributed by atoms with van der Waals surface area (Å²) in [6.07, 6.45) is 0. The molecule has 0 saturated heterocycles. The van der Waals surface area contributed by atoms with E-state index in [2.05, 4.69) is 30.3 Å². The van der Waals surface area contributed by atoms with Crippen LogP contribution < -0.4 is 9.47 Å². The van der Waals surface area contributed by atoms with Gasteiger partial charge in [-0.3, -0.25) is 0 Å². The fraction of sp³-hybridized carbons (Fsp3) is 0.0870. The third kappa shape index (κ3) is 2.01. The van der Waals surface area contributed by atoms with Gasteiger partial charge in [0.15, 0.2) is 11.5 Å². The summed E-state index contributed by atoms with van der Waals surface area (Å²) in [6.45, 7) is 0.481. The largest absolute Gasteiger partial charge is 0.457 e. The fourth-order valence-corrected chi connectivity index (χ4v) is 4.10. The van der Waals surface area contributed by atoms with Crippen molar-refractivity contribution in [3.8, 4) is 22.6 Å². The molecule has 4 nitrogen and oxygen atoms in total. The average Bonchev–Trinajstić information content (AvgIpc) is 3.33. The number of hydrogen-bond acceptors (Lipinski definition) is 4. The summed E-state index contributed by atoms with van der Waals surface area (Å²) in [6, 6.07) is 20.4. The summed E-state index contributed by atoms with van der Waals surface area (Å²) in [7, 11) is 0. The zero-order chi connectivity index (χ0) is 18.0. The SMILES string of the molecule is O=C1OCc2c1cc1ccc3c(c1c2-c1ccc2ccccc2c1)OCO3. The topological polar surface area (TPSA) is 44.8 Å². The number of hydrogen-bond donors (Lipinski definition) is 0. The first-order valence-corrected chi connectivity index (χ1v) is 8.84. The summed E-state index contributed by atoms with van der Waals surface area (Å²) in [5.41, 5.74) is 3.57. The minimum Gasteiger partial charge on any atom is -0.457 e. The first kappa shape index (κ1) is 14.6. The van der Waals surface area contributed by atoms with Crippen molar-refractivity contribution in [2.75, 3.05) is 6.79 Å². The molecule has 0 amide bonds. The number of ether oxygens (including phenoxy) is 3. The van der Waals surface area contributed by atoms with Crippen LogP contribution in [-0.4, -0.2) is 12.8 Å². The minimum atomic E-state index is -0.272. The van der Waals surface area contributed by atoms with Crippen LogP contribution in [0.5, 0.6) is 11.5 Å². The second-order valence-corrected chi connectivity index (χ2v) is 6.81. The van der Waals surface area contributed by atoms with Crippen LogP contribution in [0.15, 0.2) is 60.7 Å². The van der Waals surface area contributed by atoms with Crippen LogP contribution in [0.25, 0.3) is 32.7 Å². The predicted molar refractivity (Wildman–Crippen MR) is 102 cm³/mol. The minimum absolute atomic E-state index is 0.206. The van der Waals surface area contributed by atoms with Crippen LogP contribution in [-0.2, 0) is 11.3 Å². The zero-order valence-corrected chi connectivity index (χ0v) is 14.3. The highest BCUT2D eigenvalue weighted by Crippen LogP contribution is 2.47. The second-order valence-electron chi connectivity index (χ2n) is 6.81. The molecular weight excluding hydrogens is 340 g/mol. The molecule has 2 aliphatic rings. The summed E-state index contributed by atoms with van der Waals surface area (Å²) in [5.74, 6) is 1.19. The Morgan fingerprint density at radius 1 is 0.778 bits per heavy atom. The van der Waals surface area contributed by atoms with Crippen molar-refractivity contribution >= 4 is 27.5 Å². The fourth-order valence-electron chi connectivity index (χ4n) is 4.10. The number of rotatable bonds is 1. The van der Waals surface area contributed by atoms with E-state index in [0.29, 0.717) is 5.56 Å². The summed E-state index contributed by atoms with van der Waals surface area (Å²) in [4.78, 5) is 12.3. The molecule has 0 unspecified atom stereocenters. The number of cyclic esters (lactones) is 1. The molecule has 2 heterocycles. The monoisotopic (exact) mass is 354 g/mol. The van der Waals surface area contributed by atoms with Gasteiger partial charge >= 0.3 is 5.97 Å². The van der Waals surface area contributed by atoms with Gasteiger partial charge in [-0.15, -0.1) is 0 Å². The molecule has 0 spiro atoms. The molecule has 0 bridgehead atoms. The molecule has 130 valence electrons. The van der Waals surface area contributed by atoms with Crippen LogP contribution in [0.1, 0.15) is 15.9 Å². The van der Waals surface area contributed by atoms with Crippen LogP contribution in [0, 0.1) is 0 Å². The Hall–Kier alpha value is -3.53. The van der Waals surface area contributed by atoms with E-state index in [0.717, 1.165) is 44.3 Å². The Balaban J connectivity index is 1.76. The molecule has 27 heavy (non-hydrogen) atoms. The van der Waals surface area contributed by atoms with Crippen LogP contribution in [0.4, 0.5) is 0 Å². The van der Waals surface area contributed by atoms with Gasteiger partial charge in [0.2, 0.25) is 6.79 Å². The lowest BCUT2D eigenvalue weighted by atomic mass is 9.89. The molecule has 0 fully saturated rings. The van der Waals surface area contributed by atoms with E-state index in [1.165, 1.54) is 5.39 Å². The maximum Gasteiger partial charge on any atom is 0.338 e. The lowest BCUT2D eigenvalue weighted by Crippen LogP contribution is -1.97. The lowest BCUT2D eigenvalue weighted by molar-refractivity contribution is 0.0535. The van der Waals surface area contributed by atoms with Crippen LogP contribution in [0.2, 0.25) is 0 Å². The smallest absolute Gasteiger partial charge is 0.338 e. The normalized spacial score (nSPS) is 14.6. The number of benzene rings is 4. The van der Waals surface area contributed by atoms with E-state index in [-0.39, 0.29) is 19.4 Å². The van der Waals surface area contributed by atoms with Crippen molar-refractivity contribution in [1.82, 2.24) is 0 Å². The van der Waals surface area contributed by atoms with Gasteiger partial charge in [-0.2, -0.15) is 0 Å². The number of fused-ring (bicyclic) bond motifs is 5. The Labute approximate surface area is 154 Å². The first-order valence-electron chi connectivity index (χ1n) is 8.84. The number of carbonyl (C=O) groups is 1. The third-order valence-electron chi connectivity index (χ3n) is 5.35. The molecule has 0 aromatic heterocycles. The highest BCUT2D eigenvalue weighted by molar-refractivity contribution is 6.10. The lowest BCUT2D eigenvalue weighted by Gasteiger charge is -2.14. The molecule has 2 aliphatic heterocycles. The van der Waals surface area contributed by atoms with Gasteiger partial charge in [-0.1, -0.05) is 42.5 Å². The third-order valence-corrected chi connectivity index (χ3v) is 5.35. The molecule has 0 atom stereocenters. The van der Waals surface area contributed by atoms with Crippen molar-refractivity contribution in [2.24, 2.45) is 0 Å². The van der Waals surface area contributed by atoms with Gasteiger partial charge in [-0.05, 0) is 39.9 Å². The van der Waals surface area contributed by atoms with Crippen LogP contribution >= 0.6 is 0 Å². The Kier molecular flexibility index (Phi) is 2.84. The summed E-state index contributed by atoms with van der Waals surface area (Å²) in [5, 5.41) is 4.24. The number of carbonyl (C=O) groups excluding carboxylic acids is 1. The van der Waals surface area contributed by atoms with Crippen molar-refractivity contribution in [3.05, 3.63) is 71.8 Å². The molecule has 0 aliphatic carbocycles. The summed E-state index contributed by atoms with van der Waals surface area (Å²) >= 11 is 0. The van der Waals surface area contributed by atoms with E-state index in [9.17, 15) is 4.79 Å². The van der Waals surface area contributed by atoms with Crippen molar-refractivity contribution in [1.29, 1.82) is 0 Å². The quantitative estimate of drug-likeness (QED) is 0.448. The highest BCUT2D eigenvalue weighted by Gasteiger charge is 2.30. The maximum absolute atomic E-state index is 12.3. The molecule has 0 saturated carbocycles. The van der Waals surface area contributed by atoms with Gasteiger partial charge < -0.3 is 14.2 Å². The molecule has 4 heteroatoms. The van der Waals surface area contributed by atoms with Crippen molar-refractivity contribution in [3.63, 3.8) is 0 Å². The van der Waals surface area contributed by atoms with E-state index in [1.54, 1.807) is 0 Å². The zero-order valence-electron chi connectivity index (χ0n) is 14.3. The Bertz CT molecular complexity index is 1270. The van der Waals surface area contributed by atoms with E-state index < -0.39 is 0 Å². The maximum atomic E-state index is 12.3. The van der Waals surface area contributed by atoms with Gasteiger partial charge in [0.25, 0.3) is 0 Å². The Morgan fingerprint density at radius 3 is 2.56 bits per heavy atom. The molecule has 4 aromatic carbocycles. The average molecular weight is 354 g/mol. The second kappa shape index (κ2) is 5.24. The van der Waals surface area contributed by atoms with Gasteiger partial charge in [0.1, 0.15) is 6.61 Å². The van der Waals surface area contributed by atoms with Gasteiger partial charge in [0, 0.05) is 16.5 Å². The van der Waals surface area contributed by atoms with E-state index >= 15 is 0 Å². The summed E-state index contributed by atoms with van der Waals surface area (Å²) < 4.78 is 16.7. The van der Waals surface area contributed by atoms with Gasteiger partial charge in [0.05, 0.1) is 5.56 Å². The van der Waals surface area contributed by atoms with Gasteiger partial charge in [-0.25, -0.2) is 4.79 Å². The van der Waals surface area contributed by atoms with Crippen LogP contribution in [0.3, 0.4) is 0 Å². The molecular formula is C23H14O4. The first-order chi connectivity index (χ1) is 13.3. The Morgan fingerprint density at radius 2 is 1.63 bits per heavy atom. The highest BCUT2D eigenvalue weighted by atomic mass is 16.7. The number of esters is 1. The molecule has 0 N–H and O–H groups in total. The van der Waals surface area contributed by atoms with E-state index in [4.69, 9.17) is 14.2 Å². The van der Waals surface area contributed by atoms with E-state index in [1.807, 2.05) is 30.3 Å².